The van der Waals surface area contributed by atoms with E-state index in [-0.39, 0.29) is 49.1 Å². The Balaban J connectivity index is 0.00000529. The molecule has 0 fully saturated rings. The maximum absolute atomic E-state index is 11.9. The van der Waals surface area contributed by atoms with Crippen LogP contribution in [0, 0.1) is 5.92 Å². The van der Waals surface area contributed by atoms with Gasteiger partial charge in [0.25, 0.3) is 0 Å². The lowest BCUT2D eigenvalue weighted by atomic mass is 10.1. The number of rotatable bonds is 8. The second-order valence-electron chi connectivity index (χ2n) is 5.26. The fourth-order valence-electron chi connectivity index (χ4n) is 1.72. The van der Waals surface area contributed by atoms with Crippen LogP contribution in [0.3, 0.4) is 0 Å². The molecule has 3 amide bonds. The lowest BCUT2D eigenvalue weighted by Crippen LogP contribution is -2.39. The van der Waals surface area contributed by atoms with Crippen LogP contribution in [0.5, 0.6) is 0 Å². The van der Waals surface area contributed by atoms with E-state index >= 15 is 0 Å². The minimum atomic E-state index is -0.380. The number of halogens is 1. The van der Waals surface area contributed by atoms with Gasteiger partial charge in [-0.15, -0.1) is 12.4 Å². The molecule has 0 aromatic heterocycles. The highest BCUT2D eigenvalue weighted by Crippen LogP contribution is 2.13. The van der Waals surface area contributed by atoms with Crippen molar-refractivity contribution in [2.45, 2.75) is 26.8 Å². The Morgan fingerprint density at radius 3 is 2.50 bits per heavy atom. The number of hydrogen-bond acceptors (Lipinski definition) is 4. The number of benzene rings is 1. The summed E-state index contributed by atoms with van der Waals surface area (Å²) < 4.78 is 0. The summed E-state index contributed by atoms with van der Waals surface area (Å²) in [6.45, 7) is 3.88. The zero-order valence-corrected chi connectivity index (χ0v) is 14.7. The molecule has 1 unspecified atom stereocenters. The van der Waals surface area contributed by atoms with Crippen molar-refractivity contribution in [2.75, 3.05) is 18.4 Å². The molecule has 0 saturated carbocycles. The van der Waals surface area contributed by atoms with Gasteiger partial charge in [-0.1, -0.05) is 26.0 Å². The minimum absolute atomic E-state index is 0. The molecule has 1 aromatic rings. The van der Waals surface area contributed by atoms with Gasteiger partial charge in [0.2, 0.25) is 17.7 Å². The fourth-order valence-corrected chi connectivity index (χ4v) is 1.72. The highest BCUT2D eigenvalue weighted by atomic mass is 35.5. The van der Waals surface area contributed by atoms with E-state index in [1.165, 1.54) is 0 Å². The van der Waals surface area contributed by atoms with Gasteiger partial charge >= 0.3 is 0 Å². The second kappa shape index (κ2) is 11.4. The number of nitrogens with two attached hydrogens (primary N) is 1. The lowest BCUT2D eigenvalue weighted by Gasteiger charge is -2.11. The van der Waals surface area contributed by atoms with Crippen molar-refractivity contribution >= 4 is 35.8 Å². The van der Waals surface area contributed by atoms with E-state index in [9.17, 15) is 14.4 Å². The van der Waals surface area contributed by atoms with Crippen LogP contribution >= 0.6 is 12.4 Å². The van der Waals surface area contributed by atoms with Crippen molar-refractivity contribution in [1.29, 1.82) is 0 Å². The molecule has 0 aliphatic heterocycles. The van der Waals surface area contributed by atoms with Crippen molar-refractivity contribution in [3.63, 3.8) is 0 Å². The number of carbonyl (C=O) groups excluding carboxylic acids is 3. The molecular formula is C16H25ClN4O3. The van der Waals surface area contributed by atoms with E-state index in [0.717, 1.165) is 12.0 Å². The Kier molecular flexibility index (Phi) is 10.4. The summed E-state index contributed by atoms with van der Waals surface area (Å²) in [5, 5.41) is 7.92. The molecule has 7 nitrogen and oxygen atoms in total. The summed E-state index contributed by atoms with van der Waals surface area (Å²) in [6, 6.07) is 7.26. The van der Waals surface area contributed by atoms with E-state index in [1.54, 1.807) is 12.1 Å². The molecule has 0 spiro atoms. The maximum atomic E-state index is 11.9. The molecule has 134 valence electrons. The van der Waals surface area contributed by atoms with Gasteiger partial charge < -0.3 is 21.7 Å². The van der Waals surface area contributed by atoms with Crippen molar-refractivity contribution in [1.82, 2.24) is 10.6 Å². The van der Waals surface area contributed by atoms with Crippen LogP contribution < -0.4 is 21.7 Å². The summed E-state index contributed by atoms with van der Waals surface area (Å²) in [7, 11) is 0. The van der Waals surface area contributed by atoms with Crippen LogP contribution in [-0.2, 0) is 20.9 Å². The van der Waals surface area contributed by atoms with Crippen molar-refractivity contribution in [3.05, 3.63) is 29.8 Å². The van der Waals surface area contributed by atoms with Crippen molar-refractivity contribution in [2.24, 2.45) is 11.7 Å². The van der Waals surface area contributed by atoms with Crippen LogP contribution in [0.2, 0.25) is 0 Å². The average molecular weight is 357 g/mol. The Labute approximate surface area is 148 Å². The normalized spacial score (nSPS) is 11.0. The molecule has 0 aliphatic carbocycles. The number of anilines is 1. The monoisotopic (exact) mass is 356 g/mol. The van der Waals surface area contributed by atoms with E-state index in [2.05, 4.69) is 16.0 Å². The first-order chi connectivity index (χ1) is 11.0. The van der Waals surface area contributed by atoms with Crippen LogP contribution in [0.25, 0.3) is 0 Å². The lowest BCUT2D eigenvalue weighted by molar-refractivity contribution is -0.125. The molecule has 1 aromatic carbocycles. The number of carbonyl (C=O) groups is 3. The maximum Gasteiger partial charge on any atom is 0.239 e. The molecule has 0 heterocycles. The molecule has 1 atom stereocenters. The third kappa shape index (κ3) is 7.94. The number of nitrogens with one attached hydrogen (secondary N) is 3. The molecule has 0 aliphatic rings. The topological polar surface area (TPSA) is 113 Å². The van der Waals surface area contributed by atoms with Gasteiger partial charge in [0, 0.05) is 18.2 Å². The third-order valence-electron chi connectivity index (χ3n) is 3.38. The van der Waals surface area contributed by atoms with E-state index in [0.29, 0.717) is 12.2 Å². The summed E-state index contributed by atoms with van der Waals surface area (Å²) in [5.41, 5.74) is 6.68. The van der Waals surface area contributed by atoms with E-state index < -0.39 is 0 Å². The summed E-state index contributed by atoms with van der Waals surface area (Å²) in [5.74, 6) is -0.765. The van der Waals surface area contributed by atoms with Gasteiger partial charge in [-0.3, -0.25) is 14.4 Å². The molecule has 0 radical (unpaired) electrons. The van der Waals surface area contributed by atoms with Crippen molar-refractivity contribution in [3.8, 4) is 0 Å². The molecule has 0 bridgehead atoms. The molecular weight excluding hydrogens is 332 g/mol. The van der Waals surface area contributed by atoms with Gasteiger partial charge in [0.15, 0.2) is 0 Å². The zero-order valence-electron chi connectivity index (χ0n) is 13.9. The Bertz CT molecular complexity index is 566. The summed E-state index contributed by atoms with van der Waals surface area (Å²) in [4.78, 5) is 34.4. The average Bonchev–Trinajstić information content (AvgIpc) is 2.57. The summed E-state index contributed by atoms with van der Waals surface area (Å²) >= 11 is 0. The molecule has 0 saturated heterocycles. The van der Waals surface area contributed by atoms with Gasteiger partial charge in [-0.2, -0.15) is 0 Å². The van der Waals surface area contributed by atoms with Gasteiger partial charge in [-0.05, 0) is 24.1 Å². The number of amides is 3. The van der Waals surface area contributed by atoms with E-state index in [4.69, 9.17) is 5.73 Å². The Hall–Kier alpha value is -2.12. The van der Waals surface area contributed by atoms with Gasteiger partial charge in [0.05, 0.1) is 13.1 Å². The first-order valence-corrected chi connectivity index (χ1v) is 7.59. The standard InChI is InChI=1S/C16H24N4O3.ClH/c1-3-11(2)16(23)20-13-6-4-5-12(7-13)9-18-15(22)10-19-14(21)8-17;/h4-7,11H,3,8-10,17H2,1-2H3,(H,18,22)(H,19,21)(H,20,23);1H. The van der Waals surface area contributed by atoms with Crippen LogP contribution in [-0.4, -0.2) is 30.8 Å². The van der Waals surface area contributed by atoms with Crippen LogP contribution in [0.1, 0.15) is 25.8 Å². The predicted molar refractivity (Wildman–Crippen MR) is 95.7 cm³/mol. The molecule has 8 heteroatoms. The largest absolute Gasteiger partial charge is 0.350 e. The highest BCUT2D eigenvalue weighted by molar-refractivity contribution is 5.92. The van der Waals surface area contributed by atoms with Crippen molar-refractivity contribution < 1.29 is 14.4 Å². The Morgan fingerprint density at radius 1 is 1.17 bits per heavy atom. The first kappa shape index (κ1) is 21.9. The molecule has 24 heavy (non-hydrogen) atoms. The van der Waals surface area contributed by atoms with E-state index in [1.807, 2.05) is 26.0 Å². The zero-order chi connectivity index (χ0) is 17.2. The van der Waals surface area contributed by atoms with Gasteiger partial charge in [-0.25, -0.2) is 0 Å². The SMILES string of the molecule is CCC(C)C(=O)Nc1cccc(CNC(=O)CNC(=O)CN)c1.Cl. The smallest absolute Gasteiger partial charge is 0.239 e. The minimum Gasteiger partial charge on any atom is -0.350 e. The van der Waals surface area contributed by atoms with Crippen LogP contribution in [0.4, 0.5) is 5.69 Å². The third-order valence-corrected chi connectivity index (χ3v) is 3.38. The molecule has 1 rings (SSSR count). The van der Waals surface area contributed by atoms with Gasteiger partial charge in [0.1, 0.15) is 0 Å². The second-order valence-corrected chi connectivity index (χ2v) is 5.26. The molecule has 5 N–H and O–H groups in total. The first-order valence-electron chi connectivity index (χ1n) is 7.59. The fraction of sp³-hybridized carbons (Fsp3) is 0.438. The Morgan fingerprint density at radius 2 is 1.88 bits per heavy atom. The number of hydrogen-bond donors (Lipinski definition) is 4. The quantitative estimate of drug-likeness (QED) is 0.551. The predicted octanol–water partition coefficient (Wildman–Crippen LogP) is 0.784. The van der Waals surface area contributed by atoms with Crippen LogP contribution in [0.15, 0.2) is 24.3 Å². The highest BCUT2D eigenvalue weighted by Gasteiger charge is 2.10. The summed E-state index contributed by atoms with van der Waals surface area (Å²) in [6.07, 6.45) is 0.774.